The monoisotopic (exact) mass is 279 g/mol. The molecule has 0 amide bonds. The number of fused-ring (bicyclic) bond motifs is 1. The van der Waals surface area contributed by atoms with E-state index < -0.39 is 0 Å². The summed E-state index contributed by atoms with van der Waals surface area (Å²) in [4.78, 5) is 12.2. The van der Waals surface area contributed by atoms with Crippen LogP contribution in [-0.2, 0) is 16.0 Å². The molecular weight excluding hydrogens is 262 g/mol. The largest absolute Gasteiger partial charge is 0.353 e. The lowest BCUT2D eigenvalue weighted by Crippen LogP contribution is -2.26. The first kappa shape index (κ1) is 12.8. The Kier molecular flexibility index (Phi) is 3.96. The number of aromatic nitrogens is 1. The minimum atomic E-state index is -0.0886. The van der Waals surface area contributed by atoms with E-state index in [-0.39, 0.29) is 11.8 Å². The van der Waals surface area contributed by atoms with Crippen LogP contribution >= 0.6 is 11.3 Å². The van der Waals surface area contributed by atoms with Gasteiger partial charge in [-0.2, -0.15) is 0 Å². The van der Waals surface area contributed by atoms with Crippen molar-refractivity contribution in [3.63, 3.8) is 0 Å². The zero-order chi connectivity index (χ0) is 13.1. The van der Waals surface area contributed by atoms with Gasteiger partial charge in [0.15, 0.2) is 6.29 Å². The summed E-state index contributed by atoms with van der Waals surface area (Å²) in [7, 11) is 0. The Morgan fingerprint density at radius 2 is 2.37 bits per heavy atom. The molecule has 1 aliphatic heterocycles. The van der Waals surface area contributed by atoms with E-state index in [0.29, 0.717) is 13.2 Å². The molecule has 1 aliphatic rings. The second-order valence-electron chi connectivity index (χ2n) is 4.68. The maximum absolute atomic E-state index is 12.2. The molecule has 102 valence electrons. The molecule has 0 radical (unpaired) electrons. The maximum Gasteiger partial charge on any atom is 0.259 e. The number of rotatable bonds is 4. The van der Waals surface area contributed by atoms with Crippen molar-refractivity contribution < 1.29 is 9.47 Å². The molecule has 3 rings (SSSR count). The number of ether oxygens (including phenoxy) is 2. The molecule has 1 saturated heterocycles. The van der Waals surface area contributed by atoms with Crippen LogP contribution in [-0.4, -0.2) is 24.1 Å². The van der Waals surface area contributed by atoms with E-state index >= 15 is 0 Å². The van der Waals surface area contributed by atoms with E-state index in [1.807, 2.05) is 23.7 Å². The Labute approximate surface area is 115 Å². The van der Waals surface area contributed by atoms with E-state index in [1.54, 1.807) is 15.9 Å². The van der Waals surface area contributed by atoms with Gasteiger partial charge in [0.05, 0.1) is 12.0 Å². The van der Waals surface area contributed by atoms with E-state index in [2.05, 4.69) is 0 Å². The van der Waals surface area contributed by atoms with Gasteiger partial charge in [-0.1, -0.05) is 0 Å². The fourth-order valence-electron chi connectivity index (χ4n) is 2.31. The first-order valence-electron chi connectivity index (χ1n) is 6.64. The molecule has 0 aliphatic carbocycles. The lowest BCUT2D eigenvalue weighted by Gasteiger charge is -2.22. The first-order chi connectivity index (χ1) is 9.34. The zero-order valence-electron chi connectivity index (χ0n) is 10.7. The Bertz CT molecular complexity index is 598. The van der Waals surface area contributed by atoms with Crippen LogP contribution in [0.4, 0.5) is 0 Å². The molecular formula is C14H17NO3S. The van der Waals surface area contributed by atoms with E-state index in [1.165, 1.54) is 0 Å². The third kappa shape index (κ3) is 2.88. The van der Waals surface area contributed by atoms with E-state index in [9.17, 15) is 4.79 Å². The topological polar surface area (TPSA) is 40.5 Å². The van der Waals surface area contributed by atoms with Gasteiger partial charge in [0.2, 0.25) is 0 Å². The zero-order valence-corrected chi connectivity index (χ0v) is 11.5. The van der Waals surface area contributed by atoms with Crippen LogP contribution in [0.3, 0.4) is 0 Å². The predicted molar refractivity (Wildman–Crippen MR) is 75.6 cm³/mol. The average Bonchev–Trinajstić information content (AvgIpc) is 2.92. The fraction of sp³-hybridized carbons (Fsp3) is 0.500. The maximum atomic E-state index is 12.2. The van der Waals surface area contributed by atoms with Crippen molar-refractivity contribution in [2.24, 2.45) is 0 Å². The smallest absolute Gasteiger partial charge is 0.259 e. The van der Waals surface area contributed by atoms with Crippen molar-refractivity contribution in [3.05, 3.63) is 34.1 Å². The number of thiophene rings is 1. The Balaban J connectivity index is 1.61. The summed E-state index contributed by atoms with van der Waals surface area (Å²) < 4.78 is 13.9. The summed E-state index contributed by atoms with van der Waals surface area (Å²) in [5, 5.41) is 2.74. The molecule has 5 heteroatoms. The molecule has 1 unspecified atom stereocenters. The van der Waals surface area contributed by atoms with Gasteiger partial charge < -0.3 is 14.0 Å². The fourth-order valence-corrected chi connectivity index (χ4v) is 3.08. The van der Waals surface area contributed by atoms with E-state index in [4.69, 9.17) is 9.47 Å². The van der Waals surface area contributed by atoms with Crippen LogP contribution in [0, 0.1) is 0 Å². The number of hydrogen-bond acceptors (Lipinski definition) is 4. The Hall–Kier alpha value is -1.17. The number of pyridine rings is 1. The average molecular weight is 279 g/mol. The summed E-state index contributed by atoms with van der Waals surface area (Å²) in [6.07, 6.45) is 4.99. The van der Waals surface area contributed by atoms with Crippen molar-refractivity contribution in [2.75, 3.05) is 13.2 Å². The van der Waals surface area contributed by atoms with Crippen molar-refractivity contribution in [1.82, 2.24) is 4.57 Å². The minimum absolute atomic E-state index is 0.0620. The van der Waals surface area contributed by atoms with Crippen LogP contribution in [0.25, 0.3) is 10.1 Å². The number of nitrogens with zero attached hydrogens (tertiary/aromatic N) is 1. The third-order valence-corrected chi connectivity index (χ3v) is 4.25. The molecule has 4 nitrogen and oxygen atoms in total. The van der Waals surface area contributed by atoms with Crippen molar-refractivity contribution >= 4 is 21.4 Å². The summed E-state index contributed by atoms with van der Waals surface area (Å²) in [5.41, 5.74) is 0.0620. The summed E-state index contributed by atoms with van der Waals surface area (Å²) in [6, 6.07) is 3.86. The van der Waals surface area contributed by atoms with Gasteiger partial charge in [-0.15, -0.1) is 11.3 Å². The van der Waals surface area contributed by atoms with Crippen LogP contribution in [0.5, 0.6) is 0 Å². The van der Waals surface area contributed by atoms with Crippen molar-refractivity contribution in [1.29, 1.82) is 0 Å². The quantitative estimate of drug-likeness (QED) is 0.863. The molecule has 0 bridgehead atoms. The Morgan fingerprint density at radius 3 is 3.21 bits per heavy atom. The van der Waals surface area contributed by atoms with Crippen LogP contribution in [0.15, 0.2) is 28.5 Å². The summed E-state index contributed by atoms with van der Waals surface area (Å²) in [5.74, 6) is 0. The minimum Gasteiger partial charge on any atom is -0.353 e. The third-order valence-electron chi connectivity index (χ3n) is 3.37. The highest BCUT2D eigenvalue weighted by atomic mass is 32.1. The van der Waals surface area contributed by atoms with Crippen LogP contribution in [0.2, 0.25) is 0 Å². The lowest BCUT2D eigenvalue weighted by molar-refractivity contribution is -0.163. The van der Waals surface area contributed by atoms with Crippen molar-refractivity contribution in [2.45, 2.75) is 32.1 Å². The van der Waals surface area contributed by atoms with Crippen molar-refractivity contribution in [3.8, 4) is 0 Å². The molecule has 0 saturated carbocycles. The highest BCUT2D eigenvalue weighted by molar-refractivity contribution is 7.17. The Morgan fingerprint density at radius 1 is 1.42 bits per heavy atom. The molecule has 2 aromatic rings. The highest BCUT2D eigenvalue weighted by Gasteiger charge is 2.13. The van der Waals surface area contributed by atoms with E-state index in [0.717, 1.165) is 36.0 Å². The standard InChI is InChI=1S/C14H17NO3S/c16-14-11-5-10-19-12(11)4-6-15(14)7-9-18-13-3-1-2-8-17-13/h4-6,10,13H,1-3,7-9H2. The molecule has 1 atom stereocenters. The highest BCUT2D eigenvalue weighted by Crippen LogP contribution is 2.16. The molecule has 0 N–H and O–H groups in total. The first-order valence-corrected chi connectivity index (χ1v) is 7.52. The van der Waals surface area contributed by atoms with Gasteiger partial charge in [-0.05, 0) is 36.8 Å². The van der Waals surface area contributed by atoms with Gasteiger partial charge in [0, 0.05) is 24.0 Å². The summed E-state index contributed by atoms with van der Waals surface area (Å²) in [6.45, 7) is 1.87. The van der Waals surface area contributed by atoms with Gasteiger partial charge in [-0.25, -0.2) is 0 Å². The van der Waals surface area contributed by atoms with Crippen LogP contribution in [0.1, 0.15) is 19.3 Å². The molecule has 0 spiro atoms. The lowest BCUT2D eigenvalue weighted by atomic mass is 10.2. The normalized spacial score (nSPS) is 19.9. The summed E-state index contributed by atoms with van der Waals surface area (Å²) >= 11 is 1.59. The molecule has 1 fully saturated rings. The second-order valence-corrected chi connectivity index (χ2v) is 5.63. The SMILES string of the molecule is O=c1c2ccsc2ccn1CCOC1CCCCO1. The molecule has 19 heavy (non-hydrogen) atoms. The molecule has 0 aromatic carbocycles. The van der Waals surface area contributed by atoms with Gasteiger partial charge >= 0.3 is 0 Å². The van der Waals surface area contributed by atoms with Gasteiger partial charge in [-0.3, -0.25) is 4.79 Å². The van der Waals surface area contributed by atoms with Gasteiger partial charge in [0.1, 0.15) is 0 Å². The van der Waals surface area contributed by atoms with Gasteiger partial charge in [0.25, 0.3) is 5.56 Å². The second kappa shape index (κ2) is 5.86. The number of hydrogen-bond donors (Lipinski definition) is 0. The predicted octanol–water partition coefficient (Wildman–Crippen LogP) is 2.61. The molecule has 3 heterocycles. The van der Waals surface area contributed by atoms with Crippen LogP contribution < -0.4 is 5.56 Å². The molecule has 2 aromatic heterocycles.